The van der Waals surface area contributed by atoms with Crippen molar-refractivity contribution < 1.29 is 0 Å². The number of rotatable bonds is 7. The van der Waals surface area contributed by atoms with Crippen molar-refractivity contribution >= 4 is 22.5 Å². The standard InChI is InChI=1S/C56H61N/c1-8-9-12-23-41(2)45-34-36-47(37-35-45)57(48-28-21-27-46-26-15-17-30-50(46)55(6,7)44(5)40-48)53-33-22-32-52-54(53)43(4)25-14-11-20-39-56(52)38-19-10-13-24-42(3)49-29-16-18-31-51(49)56/h10-11,13-26,28-37,40,42,44H,4,8-9,12,27,38-39H2,1-3,5-7H3/b19-10-,20-11-,24-13-,25-14-,28-21-,41-23+,48-40+. The van der Waals surface area contributed by atoms with E-state index < -0.39 is 0 Å². The molecule has 0 heterocycles. The van der Waals surface area contributed by atoms with Crippen LogP contribution in [-0.4, -0.2) is 0 Å². The van der Waals surface area contributed by atoms with Gasteiger partial charge in [-0.1, -0.05) is 194 Å². The Balaban J connectivity index is 1.50. The minimum atomic E-state index is -0.320. The van der Waals surface area contributed by atoms with Crippen LogP contribution in [0.1, 0.15) is 119 Å². The van der Waals surface area contributed by atoms with Gasteiger partial charge < -0.3 is 4.90 Å². The minimum Gasteiger partial charge on any atom is -0.310 e. The van der Waals surface area contributed by atoms with Gasteiger partial charge in [-0.05, 0) is 119 Å². The van der Waals surface area contributed by atoms with Crippen LogP contribution >= 0.6 is 0 Å². The van der Waals surface area contributed by atoms with Gasteiger partial charge in [0.05, 0.1) is 5.69 Å². The van der Waals surface area contributed by atoms with E-state index in [1.807, 2.05) is 0 Å². The average molecular weight is 748 g/mol. The quantitative estimate of drug-likeness (QED) is 0.170. The highest BCUT2D eigenvalue weighted by Crippen LogP contribution is 2.50. The maximum Gasteiger partial charge on any atom is 0.0542 e. The monoisotopic (exact) mass is 747 g/mol. The Hall–Kier alpha value is -5.40. The molecule has 1 heteroatoms. The Bertz CT molecular complexity index is 2290. The summed E-state index contributed by atoms with van der Waals surface area (Å²) in [6.07, 6.45) is 34.0. The molecule has 290 valence electrons. The first-order valence-electron chi connectivity index (χ1n) is 21.3. The molecule has 0 aliphatic heterocycles. The number of hydrogen-bond donors (Lipinski definition) is 0. The fraction of sp³-hybridized carbons (Fsp3) is 0.286. The molecule has 0 aromatic heterocycles. The van der Waals surface area contributed by atoms with E-state index in [1.165, 1.54) is 63.1 Å². The molecule has 0 fully saturated rings. The van der Waals surface area contributed by atoms with Crippen molar-refractivity contribution in [2.24, 2.45) is 5.92 Å². The molecule has 3 unspecified atom stereocenters. The van der Waals surface area contributed by atoms with E-state index in [9.17, 15) is 0 Å². The predicted octanol–water partition coefficient (Wildman–Crippen LogP) is 15.5. The third-order valence-corrected chi connectivity index (χ3v) is 13.0. The van der Waals surface area contributed by atoms with Crippen LogP contribution in [0.3, 0.4) is 0 Å². The van der Waals surface area contributed by atoms with E-state index in [2.05, 4.69) is 210 Å². The summed E-state index contributed by atoms with van der Waals surface area (Å²) in [7, 11) is 0. The van der Waals surface area contributed by atoms with Gasteiger partial charge in [0.25, 0.3) is 0 Å². The molecular formula is C56H61N. The van der Waals surface area contributed by atoms with Crippen molar-refractivity contribution in [1.82, 2.24) is 0 Å². The number of hydrogen-bond acceptors (Lipinski definition) is 1. The van der Waals surface area contributed by atoms with Crippen molar-refractivity contribution in [3.63, 3.8) is 0 Å². The van der Waals surface area contributed by atoms with Crippen molar-refractivity contribution in [3.05, 3.63) is 215 Å². The summed E-state index contributed by atoms with van der Waals surface area (Å²) < 4.78 is 0. The smallest absolute Gasteiger partial charge is 0.0542 e. The Morgan fingerprint density at radius 2 is 1.47 bits per heavy atom. The van der Waals surface area contributed by atoms with Crippen LogP contribution in [0.5, 0.6) is 0 Å². The number of allylic oxidation sites excluding steroid dienone is 14. The maximum atomic E-state index is 4.85. The van der Waals surface area contributed by atoms with E-state index >= 15 is 0 Å². The highest BCUT2D eigenvalue weighted by Gasteiger charge is 2.39. The van der Waals surface area contributed by atoms with Gasteiger partial charge in [-0.3, -0.25) is 0 Å². The summed E-state index contributed by atoms with van der Waals surface area (Å²) in [5.74, 6) is 0.526. The molecule has 3 aliphatic rings. The lowest BCUT2D eigenvalue weighted by atomic mass is 9.65. The minimum absolute atomic E-state index is 0.0760. The highest BCUT2D eigenvalue weighted by atomic mass is 15.1. The number of nitrogens with zero attached hydrogens (tertiary/aromatic N) is 1. The van der Waals surface area contributed by atoms with Crippen LogP contribution in [-0.2, 0) is 17.3 Å². The van der Waals surface area contributed by atoms with Crippen molar-refractivity contribution in [2.75, 3.05) is 4.90 Å². The van der Waals surface area contributed by atoms with Crippen LogP contribution in [0.2, 0.25) is 0 Å². The zero-order valence-electron chi connectivity index (χ0n) is 35.1. The molecule has 4 aromatic rings. The largest absolute Gasteiger partial charge is 0.310 e. The molecule has 0 saturated heterocycles. The second kappa shape index (κ2) is 17.4. The van der Waals surface area contributed by atoms with Crippen LogP contribution < -0.4 is 4.90 Å². The molecule has 4 aromatic carbocycles. The lowest BCUT2D eigenvalue weighted by Gasteiger charge is -2.39. The Kier molecular flexibility index (Phi) is 12.2. The lowest BCUT2D eigenvalue weighted by Crippen LogP contribution is -2.31. The highest BCUT2D eigenvalue weighted by molar-refractivity contribution is 5.89. The number of fused-ring (bicyclic) bond motifs is 5. The number of benzene rings is 4. The van der Waals surface area contributed by atoms with E-state index in [4.69, 9.17) is 6.58 Å². The molecule has 3 atom stereocenters. The van der Waals surface area contributed by atoms with Crippen LogP contribution in [0.25, 0.3) is 11.1 Å². The molecule has 0 N–H and O–H groups in total. The summed E-state index contributed by atoms with van der Waals surface area (Å²) in [6, 6.07) is 34.5. The third kappa shape index (κ3) is 8.08. The van der Waals surface area contributed by atoms with Gasteiger partial charge in [0.15, 0.2) is 0 Å². The summed E-state index contributed by atoms with van der Waals surface area (Å²) in [5, 5.41) is 0. The summed E-state index contributed by atoms with van der Waals surface area (Å²) in [6.45, 7) is 18.9. The SMILES string of the molecule is C=C1/C=C\C=C/CC2(C/C=C\C=C/C(C)c3ccccc32)c2cccc(N(C3=C/C(C)C(C)(C)c4ccccc4C/C=C\3)c3ccc(/C(C)=C/CCCC)cc3)c21. The Labute approximate surface area is 344 Å². The molecule has 0 radical (unpaired) electrons. The molecular weight excluding hydrogens is 687 g/mol. The van der Waals surface area contributed by atoms with Crippen molar-refractivity contribution in [2.45, 2.75) is 96.8 Å². The van der Waals surface area contributed by atoms with Gasteiger partial charge in [0.1, 0.15) is 0 Å². The molecule has 1 spiro atoms. The second-order valence-electron chi connectivity index (χ2n) is 17.0. The number of anilines is 2. The van der Waals surface area contributed by atoms with E-state index in [-0.39, 0.29) is 22.7 Å². The van der Waals surface area contributed by atoms with E-state index in [1.54, 1.807) is 0 Å². The molecule has 7 rings (SSSR count). The van der Waals surface area contributed by atoms with Crippen LogP contribution in [0, 0.1) is 5.92 Å². The predicted molar refractivity (Wildman–Crippen MR) is 248 cm³/mol. The zero-order chi connectivity index (χ0) is 40.0. The van der Waals surface area contributed by atoms with Gasteiger partial charge in [-0.15, -0.1) is 0 Å². The first kappa shape index (κ1) is 39.8. The average Bonchev–Trinajstić information content (AvgIpc) is 3.36. The van der Waals surface area contributed by atoms with E-state index in [0.29, 0.717) is 0 Å². The van der Waals surface area contributed by atoms with Gasteiger partial charge in [0.2, 0.25) is 0 Å². The van der Waals surface area contributed by atoms with E-state index in [0.717, 1.165) is 42.6 Å². The number of unbranched alkanes of at least 4 members (excludes halogenated alkanes) is 2. The van der Waals surface area contributed by atoms with Crippen molar-refractivity contribution in [1.29, 1.82) is 0 Å². The zero-order valence-corrected chi connectivity index (χ0v) is 35.1. The molecule has 3 aliphatic carbocycles. The maximum absolute atomic E-state index is 4.85. The van der Waals surface area contributed by atoms with Gasteiger partial charge in [-0.2, -0.15) is 0 Å². The first-order chi connectivity index (χ1) is 27.7. The summed E-state index contributed by atoms with van der Waals surface area (Å²) in [5.41, 5.74) is 14.8. The van der Waals surface area contributed by atoms with Crippen LogP contribution in [0.15, 0.2) is 176 Å². The fourth-order valence-electron chi connectivity index (χ4n) is 9.24. The van der Waals surface area contributed by atoms with Gasteiger partial charge in [0, 0.05) is 22.4 Å². The fourth-order valence-corrected chi connectivity index (χ4v) is 9.24. The Morgan fingerprint density at radius 1 is 0.772 bits per heavy atom. The summed E-state index contributed by atoms with van der Waals surface area (Å²) in [4.78, 5) is 2.52. The lowest BCUT2D eigenvalue weighted by molar-refractivity contribution is 0.405. The van der Waals surface area contributed by atoms with Gasteiger partial charge >= 0.3 is 0 Å². The van der Waals surface area contributed by atoms with Crippen molar-refractivity contribution in [3.8, 4) is 0 Å². The first-order valence-corrected chi connectivity index (χ1v) is 21.3. The Morgan fingerprint density at radius 3 is 2.25 bits per heavy atom. The molecule has 57 heavy (non-hydrogen) atoms. The van der Waals surface area contributed by atoms with Crippen LogP contribution in [0.4, 0.5) is 11.4 Å². The second-order valence-corrected chi connectivity index (χ2v) is 17.0. The molecule has 0 amide bonds. The molecule has 0 bridgehead atoms. The third-order valence-electron chi connectivity index (χ3n) is 13.0. The molecule has 0 saturated carbocycles. The summed E-state index contributed by atoms with van der Waals surface area (Å²) >= 11 is 0. The topological polar surface area (TPSA) is 3.24 Å². The normalized spacial score (nSPS) is 25.3. The van der Waals surface area contributed by atoms with Gasteiger partial charge in [-0.25, -0.2) is 0 Å². The molecule has 1 nitrogen and oxygen atoms in total.